The number of carbonyl (C=O) groups is 1. The van der Waals surface area contributed by atoms with Gasteiger partial charge in [-0.1, -0.05) is 29.8 Å². The lowest BCUT2D eigenvalue weighted by atomic mass is 9.88. The number of benzene rings is 4. The molecule has 194 valence electrons. The Morgan fingerprint density at radius 1 is 0.868 bits per heavy atom. The van der Waals surface area contributed by atoms with Crippen molar-refractivity contribution in [2.45, 2.75) is 31.4 Å². The van der Waals surface area contributed by atoms with Gasteiger partial charge in [0.2, 0.25) is 0 Å². The Hall–Kier alpha value is -3.84. The van der Waals surface area contributed by atoms with Crippen LogP contribution in [0, 0.1) is 0 Å². The van der Waals surface area contributed by atoms with Gasteiger partial charge in [-0.05, 0) is 109 Å². The molecule has 0 saturated heterocycles. The maximum absolute atomic E-state index is 11.0. The highest BCUT2D eigenvalue weighted by atomic mass is 35.5. The maximum Gasteiger partial charge on any atom is 0.335 e. The normalized spacial score (nSPS) is 15.4. The summed E-state index contributed by atoms with van der Waals surface area (Å²) in [6.45, 7) is 0.467. The minimum Gasteiger partial charge on any atom is -0.478 e. The number of carboxylic acids is 1. The minimum absolute atomic E-state index is 0.211. The zero-order chi connectivity index (χ0) is 26.5. The first kappa shape index (κ1) is 25.8. The number of rotatable bonds is 9. The van der Waals surface area contributed by atoms with E-state index in [1.807, 2.05) is 42.5 Å². The van der Waals surface area contributed by atoms with Crippen LogP contribution in [0.15, 0.2) is 91.0 Å². The van der Waals surface area contributed by atoms with Crippen LogP contribution in [0.2, 0.25) is 5.02 Å². The summed E-state index contributed by atoms with van der Waals surface area (Å²) in [5.74, 6) is 1.66. The predicted octanol–water partition coefficient (Wildman–Crippen LogP) is 6.80. The number of nitrogens with one attached hydrogen (secondary N) is 1. The number of aromatic carboxylic acids is 1. The van der Waals surface area contributed by atoms with Crippen LogP contribution in [-0.4, -0.2) is 28.8 Å². The molecule has 0 saturated carbocycles. The Morgan fingerprint density at radius 2 is 1.50 bits per heavy atom. The molecule has 38 heavy (non-hydrogen) atoms. The average Bonchev–Trinajstić information content (AvgIpc) is 2.93. The summed E-state index contributed by atoms with van der Waals surface area (Å²) in [6.07, 6.45) is 2.24. The van der Waals surface area contributed by atoms with Gasteiger partial charge in [0.1, 0.15) is 23.0 Å². The molecule has 1 aliphatic carbocycles. The van der Waals surface area contributed by atoms with E-state index in [9.17, 15) is 9.90 Å². The summed E-state index contributed by atoms with van der Waals surface area (Å²) >= 11 is 6.05. The number of halogens is 1. The summed E-state index contributed by atoms with van der Waals surface area (Å²) in [6, 6.07) is 27.4. The van der Waals surface area contributed by atoms with E-state index in [1.54, 1.807) is 24.3 Å². The Bertz CT molecular complexity index is 1400. The molecule has 0 radical (unpaired) electrons. The molecule has 0 aromatic heterocycles. The first-order chi connectivity index (χ1) is 18.4. The molecule has 0 amide bonds. The molecule has 5 rings (SSSR count). The third-order valence-corrected chi connectivity index (χ3v) is 6.87. The molecule has 7 heteroatoms. The van der Waals surface area contributed by atoms with Crippen LogP contribution in [-0.2, 0) is 12.8 Å². The predicted molar refractivity (Wildman–Crippen MR) is 147 cm³/mol. The fourth-order valence-electron chi connectivity index (χ4n) is 4.59. The molecule has 0 heterocycles. The molecule has 4 aromatic rings. The van der Waals surface area contributed by atoms with Gasteiger partial charge in [-0.3, -0.25) is 0 Å². The molecule has 0 fully saturated rings. The van der Waals surface area contributed by atoms with Crippen molar-refractivity contribution in [1.82, 2.24) is 5.32 Å². The Balaban J connectivity index is 1.17. The van der Waals surface area contributed by atoms with E-state index in [-0.39, 0.29) is 11.6 Å². The lowest BCUT2D eigenvalue weighted by Gasteiger charge is -2.27. The number of hydrogen-bond acceptors (Lipinski definition) is 5. The highest BCUT2D eigenvalue weighted by Crippen LogP contribution is 2.31. The second-order valence-corrected chi connectivity index (χ2v) is 9.79. The number of fused-ring (bicyclic) bond motifs is 1. The molecule has 4 aromatic carbocycles. The quantitative estimate of drug-likeness (QED) is 0.221. The average molecular weight is 530 g/mol. The fraction of sp³-hybridized carbons (Fsp3) is 0.194. The number of carboxylic acid groups (broad SMARTS) is 1. The largest absolute Gasteiger partial charge is 0.478 e. The van der Waals surface area contributed by atoms with Gasteiger partial charge in [0.05, 0.1) is 11.7 Å². The van der Waals surface area contributed by atoms with Crippen molar-refractivity contribution < 1.29 is 24.5 Å². The van der Waals surface area contributed by atoms with Crippen LogP contribution < -0.4 is 14.8 Å². The SMILES string of the molecule is O=C(O)c1ccc(Oc2ccc(Oc3ccc4c(c3)C[C@@H](NC[C@@H](O)c3cccc(Cl)c3)CC4)cc2)cc1. The lowest BCUT2D eigenvalue weighted by Crippen LogP contribution is -2.37. The van der Waals surface area contributed by atoms with Gasteiger partial charge < -0.3 is 25.0 Å². The van der Waals surface area contributed by atoms with Crippen LogP contribution in [0.1, 0.15) is 39.6 Å². The molecule has 0 unspecified atom stereocenters. The van der Waals surface area contributed by atoms with Crippen molar-refractivity contribution >= 4 is 17.6 Å². The van der Waals surface area contributed by atoms with E-state index < -0.39 is 12.1 Å². The molecular weight excluding hydrogens is 502 g/mol. The number of aliphatic hydroxyl groups excluding tert-OH is 1. The van der Waals surface area contributed by atoms with E-state index in [4.69, 9.17) is 26.2 Å². The van der Waals surface area contributed by atoms with Crippen molar-refractivity contribution in [2.75, 3.05) is 6.54 Å². The second-order valence-electron chi connectivity index (χ2n) is 9.35. The van der Waals surface area contributed by atoms with Gasteiger partial charge in [-0.15, -0.1) is 0 Å². The van der Waals surface area contributed by atoms with Gasteiger partial charge in [0, 0.05) is 17.6 Å². The third-order valence-electron chi connectivity index (χ3n) is 6.64. The van der Waals surface area contributed by atoms with Crippen molar-refractivity contribution in [1.29, 1.82) is 0 Å². The number of aliphatic hydroxyl groups is 1. The summed E-state index contributed by atoms with van der Waals surface area (Å²) < 4.78 is 11.9. The van der Waals surface area contributed by atoms with Crippen molar-refractivity contribution in [2.24, 2.45) is 0 Å². The first-order valence-electron chi connectivity index (χ1n) is 12.5. The Kier molecular flexibility index (Phi) is 7.94. The zero-order valence-electron chi connectivity index (χ0n) is 20.6. The molecule has 0 aliphatic heterocycles. The van der Waals surface area contributed by atoms with Gasteiger partial charge >= 0.3 is 5.97 Å². The monoisotopic (exact) mass is 529 g/mol. The molecule has 0 bridgehead atoms. The second kappa shape index (κ2) is 11.7. The van der Waals surface area contributed by atoms with Gasteiger partial charge in [-0.2, -0.15) is 0 Å². The molecular formula is C31H28ClNO5. The van der Waals surface area contributed by atoms with Crippen LogP contribution in [0.4, 0.5) is 0 Å². The van der Waals surface area contributed by atoms with Gasteiger partial charge in [-0.25, -0.2) is 4.79 Å². The highest BCUT2D eigenvalue weighted by Gasteiger charge is 2.20. The van der Waals surface area contributed by atoms with E-state index in [0.29, 0.717) is 28.8 Å². The fourth-order valence-corrected chi connectivity index (χ4v) is 4.79. The minimum atomic E-state index is -0.973. The smallest absolute Gasteiger partial charge is 0.335 e. The topological polar surface area (TPSA) is 88.0 Å². The van der Waals surface area contributed by atoms with Crippen LogP contribution in [0.25, 0.3) is 0 Å². The molecule has 0 spiro atoms. The molecule has 6 nitrogen and oxygen atoms in total. The molecule has 1 aliphatic rings. The van der Waals surface area contributed by atoms with Crippen molar-refractivity contribution in [3.8, 4) is 23.0 Å². The van der Waals surface area contributed by atoms with E-state index in [1.165, 1.54) is 23.3 Å². The summed E-state index contributed by atoms with van der Waals surface area (Å²) in [5, 5.41) is 23.7. The number of ether oxygens (including phenoxy) is 2. The maximum atomic E-state index is 11.0. The van der Waals surface area contributed by atoms with Crippen molar-refractivity contribution in [3.05, 3.63) is 118 Å². The Labute approximate surface area is 226 Å². The first-order valence-corrected chi connectivity index (χ1v) is 12.9. The highest BCUT2D eigenvalue weighted by molar-refractivity contribution is 6.30. The standard InChI is InChI=1S/C31H28ClNO5/c32-24-3-1-2-22(16-24)30(34)19-33-25-8-4-20-5-11-29(18-23(20)17-25)38-28-14-12-27(13-15-28)37-26-9-6-21(7-10-26)31(35)36/h1-3,5-7,9-16,18,25,30,33-34H,4,8,17,19H2,(H,35,36)/t25-,30+/m0/s1. The zero-order valence-corrected chi connectivity index (χ0v) is 21.4. The summed E-state index contributed by atoms with van der Waals surface area (Å²) in [4.78, 5) is 11.0. The van der Waals surface area contributed by atoms with E-state index >= 15 is 0 Å². The number of hydrogen-bond donors (Lipinski definition) is 3. The van der Waals surface area contributed by atoms with Crippen LogP contribution in [0.5, 0.6) is 23.0 Å². The van der Waals surface area contributed by atoms with Gasteiger partial charge in [0.25, 0.3) is 0 Å². The van der Waals surface area contributed by atoms with Crippen LogP contribution in [0.3, 0.4) is 0 Å². The molecule has 3 N–H and O–H groups in total. The summed E-state index contributed by atoms with van der Waals surface area (Å²) in [7, 11) is 0. The van der Waals surface area contributed by atoms with Gasteiger partial charge in [0.15, 0.2) is 0 Å². The van der Waals surface area contributed by atoms with Crippen molar-refractivity contribution in [3.63, 3.8) is 0 Å². The summed E-state index contributed by atoms with van der Waals surface area (Å²) in [5.41, 5.74) is 3.59. The number of aryl methyl sites for hydroxylation is 1. The Morgan fingerprint density at radius 3 is 2.16 bits per heavy atom. The van der Waals surface area contributed by atoms with Crippen LogP contribution >= 0.6 is 11.6 Å². The lowest BCUT2D eigenvalue weighted by molar-refractivity contribution is 0.0697. The third kappa shape index (κ3) is 6.53. The van der Waals surface area contributed by atoms with E-state index in [2.05, 4.69) is 17.4 Å². The molecule has 2 atom stereocenters. The van der Waals surface area contributed by atoms with E-state index in [0.717, 1.165) is 30.6 Å².